The van der Waals surface area contributed by atoms with Crippen LogP contribution >= 0.6 is 23.2 Å². The lowest BCUT2D eigenvalue weighted by molar-refractivity contribution is -0.115. The van der Waals surface area contributed by atoms with E-state index >= 15 is 0 Å². The monoisotopic (exact) mass is 394 g/mol. The van der Waals surface area contributed by atoms with Crippen LogP contribution in [0.3, 0.4) is 0 Å². The van der Waals surface area contributed by atoms with E-state index in [1.54, 1.807) is 25.1 Å². The van der Waals surface area contributed by atoms with Crippen LogP contribution in [0.1, 0.15) is 43.7 Å². The van der Waals surface area contributed by atoms with Crippen molar-refractivity contribution in [2.75, 3.05) is 20.7 Å². The molecule has 0 aliphatic heterocycles. The van der Waals surface area contributed by atoms with E-state index in [1.807, 2.05) is 6.07 Å². The second-order valence-electron chi connectivity index (χ2n) is 7.40. The molecular formula is C20H24Cl2N2O2. The Labute approximate surface area is 164 Å². The van der Waals surface area contributed by atoms with Crippen molar-refractivity contribution in [1.82, 2.24) is 4.90 Å². The van der Waals surface area contributed by atoms with Crippen molar-refractivity contribution in [3.63, 3.8) is 0 Å². The zero-order valence-electron chi connectivity index (χ0n) is 15.4. The van der Waals surface area contributed by atoms with Gasteiger partial charge in [-0.15, -0.1) is 0 Å². The number of carbonyl (C=O) groups excluding carboxylic acids is 1. The van der Waals surface area contributed by atoms with Gasteiger partial charge in [-0.05, 0) is 42.5 Å². The number of nitrogens with one attached hydrogen (secondary N) is 1. The number of nitrogens with zero attached hydrogens (tertiary/aromatic N) is 1. The molecule has 4 nitrogen and oxygen atoms in total. The quantitative estimate of drug-likeness (QED) is 0.564. The van der Waals surface area contributed by atoms with Crippen molar-refractivity contribution in [1.29, 1.82) is 5.41 Å². The van der Waals surface area contributed by atoms with E-state index in [-0.39, 0.29) is 17.8 Å². The molecule has 1 aromatic rings. The smallest absolute Gasteiger partial charge is 0.156 e. The molecule has 1 unspecified atom stereocenters. The molecule has 0 amide bonds. The highest BCUT2D eigenvalue weighted by atomic mass is 35.5. The Bertz CT molecular complexity index is 801. The number of allylic oxidation sites excluding steroid dienone is 2. The van der Waals surface area contributed by atoms with Crippen molar-refractivity contribution in [2.24, 2.45) is 5.41 Å². The van der Waals surface area contributed by atoms with E-state index < -0.39 is 0 Å². The van der Waals surface area contributed by atoms with Gasteiger partial charge in [0.1, 0.15) is 23.2 Å². The molecule has 2 aliphatic rings. The fourth-order valence-corrected chi connectivity index (χ4v) is 4.58. The van der Waals surface area contributed by atoms with Gasteiger partial charge in [-0.3, -0.25) is 10.2 Å². The normalized spacial score (nSPS) is 21.1. The topological polar surface area (TPSA) is 53.4 Å². The lowest BCUT2D eigenvalue weighted by Crippen LogP contribution is -2.27. The van der Waals surface area contributed by atoms with Gasteiger partial charge in [-0.25, -0.2) is 0 Å². The van der Waals surface area contributed by atoms with Gasteiger partial charge in [0, 0.05) is 31.5 Å². The Kier molecular flexibility index (Phi) is 5.36. The lowest BCUT2D eigenvalue weighted by Gasteiger charge is -2.33. The first-order chi connectivity index (χ1) is 12.3. The minimum Gasteiger partial charge on any atom is -0.484 e. The number of likely N-dealkylation sites (N-methyl/N-ethyl adjacent to an activating group) is 1. The Balaban J connectivity index is 2.01. The summed E-state index contributed by atoms with van der Waals surface area (Å²) in [4.78, 5) is 13.7. The largest absolute Gasteiger partial charge is 0.484 e. The molecule has 2 aliphatic carbocycles. The summed E-state index contributed by atoms with van der Waals surface area (Å²) in [6.07, 6.45) is 6.15. The number of ether oxygens (including phenoxy) is 1. The predicted molar refractivity (Wildman–Crippen MR) is 107 cm³/mol. The number of halogens is 2. The van der Waals surface area contributed by atoms with E-state index in [4.69, 9.17) is 33.3 Å². The van der Waals surface area contributed by atoms with Crippen LogP contribution in [0.25, 0.3) is 5.57 Å². The van der Waals surface area contributed by atoms with Crippen molar-refractivity contribution < 1.29 is 9.53 Å². The zero-order valence-corrected chi connectivity index (χ0v) is 16.9. The summed E-state index contributed by atoms with van der Waals surface area (Å²) < 4.78 is 5.76. The Morgan fingerprint density at radius 2 is 2.08 bits per heavy atom. The van der Waals surface area contributed by atoms with E-state index in [2.05, 4.69) is 6.92 Å². The number of carbonyl (C=O) groups is 1. The van der Waals surface area contributed by atoms with Crippen molar-refractivity contribution in [3.05, 3.63) is 33.3 Å². The molecule has 0 spiro atoms. The summed E-state index contributed by atoms with van der Waals surface area (Å²) in [7, 11) is 3.59. The Hall–Kier alpha value is -1.52. The maximum atomic E-state index is 12.1. The third kappa shape index (κ3) is 3.25. The van der Waals surface area contributed by atoms with Gasteiger partial charge in [0.25, 0.3) is 0 Å². The lowest BCUT2D eigenvalue weighted by atomic mass is 9.70. The molecule has 0 bridgehead atoms. The molecule has 1 aromatic carbocycles. The first kappa shape index (κ1) is 19.2. The van der Waals surface area contributed by atoms with E-state index in [0.29, 0.717) is 28.1 Å². The van der Waals surface area contributed by atoms with E-state index in [1.165, 1.54) is 0 Å². The van der Waals surface area contributed by atoms with Gasteiger partial charge in [0.2, 0.25) is 0 Å². The number of benzene rings is 1. The molecule has 0 saturated carbocycles. The van der Waals surface area contributed by atoms with Gasteiger partial charge in [0.15, 0.2) is 5.78 Å². The summed E-state index contributed by atoms with van der Waals surface area (Å²) in [6.45, 7) is 2.30. The molecule has 26 heavy (non-hydrogen) atoms. The molecule has 0 aromatic heterocycles. The van der Waals surface area contributed by atoms with Gasteiger partial charge in [0.05, 0.1) is 5.02 Å². The summed E-state index contributed by atoms with van der Waals surface area (Å²) in [5, 5.41) is 8.69. The van der Waals surface area contributed by atoms with Gasteiger partial charge >= 0.3 is 0 Å². The Morgan fingerprint density at radius 3 is 2.73 bits per heavy atom. The summed E-state index contributed by atoms with van der Waals surface area (Å²) in [6, 6.07) is 1.94. The molecule has 1 N–H and O–H groups in total. The van der Waals surface area contributed by atoms with Crippen LogP contribution in [0.5, 0.6) is 5.75 Å². The minimum atomic E-state index is -0.0209. The predicted octanol–water partition coefficient (Wildman–Crippen LogP) is 5.00. The van der Waals surface area contributed by atoms with Crippen molar-refractivity contribution >= 4 is 40.4 Å². The van der Waals surface area contributed by atoms with Crippen LogP contribution in [0.2, 0.25) is 10.0 Å². The third-order valence-corrected chi connectivity index (χ3v) is 6.26. The second-order valence-corrected chi connectivity index (χ2v) is 8.15. The van der Waals surface area contributed by atoms with Crippen LogP contribution in [0.15, 0.2) is 12.1 Å². The minimum absolute atomic E-state index is 0.0209. The number of ketones is 1. The maximum absolute atomic E-state index is 12.1. The molecule has 0 radical (unpaired) electrons. The highest BCUT2D eigenvalue weighted by Gasteiger charge is 2.45. The molecule has 0 fully saturated rings. The number of hydrogen-bond donors (Lipinski definition) is 1. The molecule has 3 rings (SSSR count). The van der Waals surface area contributed by atoms with Crippen LogP contribution in [-0.2, 0) is 11.2 Å². The highest BCUT2D eigenvalue weighted by molar-refractivity contribution is 6.44. The first-order valence-electron chi connectivity index (χ1n) is 8.93. The van der Waals surface area contributed by atoms with Crippen LogP contribution in [-0.4, -0.2) is 37.2 Å². The fourth-order valence-electron chi connectivity index (χ4n) is 4.06. The maximum Gasteiger partial charge on any atom is 0.156 e. The average molecular weight is 395 g/mol. The fraction of sp³-hybridized carbons (Fsp3) is 0.500. The first-order valence-corrected chi connectivity index (χ1v) is 9.68. The number of amidine groups is 1. The summed E-state index contributed by atoms with van der Waals surface area (Å²) >= 11 is 13.1. The molecule has 1 atom stereocenters. The SMILES string of the molecule is CCCC12CCC(=O)C=C1c1c(cc(OCC(=N)N(C)C)c(Cl)c1Cl)C2. The summed E-state index contributed by atoms with van der Waals surface area (Å²) in [5.41, 5.74) is 3.02. The highest BCUT2D eigenvalue weighted by Crippen LogP contribution is 2.58. The van der Waals surface area contributed by atoms with Crippen molar-refractivity contribution in [3.8, 4) is 5.75 Å². The molecule has 0 heterocycles. The van der Waals surface area contributed by atoms with Crippen LogP contribution in [0, 0.1) is 10.8 Å². The second kappa shape index (κ2) is 7.24. The molecule has 140 valence electrons. The molecule has 0 saturated heterocycles. The van der Waals surface area contributed by atoms with E-state index in [9.17, 15) is 4.79 Å². The summed E-state index contributed by atoms with van der Waals surface area (Å²) in [5.74, 6) is 1.01. The number of hydrogen-bond acceptors (Lipinski definition) is 3. The standard InChI is InChI=1S/C20H24Cl2N2O2/c1-4-6-20-7-5-13(25)9-14(20)17-12(10-20)8-15(18(21)19(17)22)26-11-16(23)24(2)3/h8-9,23H,4-7,10-11H2,1-3H3. The number of fused-ring (bicyclic) bond motifs is 3. The average Bonchev–Trinajstić information content (AvgIpc) is 2.90. The zero-order chi connectivity index (χ0) is 19.1. The van der Waals surface area contributed by atoms with Gasteiger partial charge in [-0.1, -0.05) is 36.5 Å². The van der Waals surface area contributed by atoms with E-state index in [0.717, 1.165) is 42.4 Å². The van der Waals surface area contributed by atoms with Gasteiger partial charge in [-0.2, -0.15) is 0 Å². The molecule has 6 heteroatoms. The van der Waals surface area contributed by atoms with Gasteiger partial charge < -0.3 is 9.64 Å². The number of rotatable bonds is 5. The third-order valence-electron chi connectivity index (χ3n) is 5.41. The van der Waals surface area contributed by atoms with Crippen molar-refractivity contribution in [2.45, 2.75) is 39.0 Å². The Morgan fingerprint density at radius 1 is 1.35 bits per heavy atom. The van der Waals surface area contributed by atoms with Crippen LogP contribution < -0.4 is 4.74 Å². The molecular weight excluding hydrogens is 371 g/mol. The van der Waals surface area contributed by atoms with Crippen LogP contribution in [0.4, 0.5) is 0 Å².